The van der Waals surface area contributed by atoms with Crippen LogP contribution < -0.4 is 5.32 Å². The predicted octanol–water partition coefficient (Wildman–Crippen LogP) is 5.90. The number of carboxylic acids is 1. The number of fused-ring (bicyclic) bond motifs is 2. The first kappa shape index (κ1) is 33.5. The van der Waals surface area contributed by atoms with Crippen LogP contribution >= 0.6 is 0 Å². The lowest BCUT2D eigenvalue weighted by Crippen LogP contribution is -2.17. The number of aromatic nitrogens is 1. The summed E-state index contributed by atoms with van der Waals surface area (Å²) >= 11 is 0. The minimum atomic E-state index is -3.67. The molecule has 1 aliphatic rings. The number of amides is 1. The Kier molecular flexibility index (Phi) is 11.8. The number of hydrogen-bond acceptors (Lipinski definition) is 7. The van der Waals surface area contributed by atoms with Crippen LogP contribution in [-0.2, 0) is 10.1 Å². The van der Waals surface area contributed by atoms with Crippen LogP contribution in [-0.4, -0.2) is 52.8 Å². The topological polar surface area (TPSA) is 168 Å². The molecule has 0 atom stereocenters. The standard InChI is InChI=1S/C26H16N2O5.2C2H6.CH4O3S/c29-23-15-7-1-2-8-16(15)24(30)21(23)19-13-12-14-6-5-11-20(22(14)27-19)28-25(31)17-9-3-4-10-18(17)26(32)33;2*1-2;1-5(2,3)4/h1-13,21H,(H,28,31)(H,32,33);2*1-2H3;1H3,(H,2,3,4). The molecule has 0 radical (unpaired) electrons. The number of pyridine rings is 1. The molecule has 1 aliphatic carbocycles. The molecule has 0 bridgehead atoms. The number of rotatable bonds is 4. The summed E-state index contributed by atoms with van der Waals surface area (Å²) in [6.45, 7) is 8.00. The molecule has 1 amide bonds. The molecule has 4 aromatic rings. The van der Waals surface area contributed by atoms with E-state index in [0.717, 1.165) is 0 Å². The van der Waals surface area contributed by atoms with E-state index in [1.54, 1.807) is 66.7 Å². The van der Waals surface area contributed by atoms with Gasteiger partial charge in [-0.05, 0) is 24.3 Å². The molecular weight excluding hydrogens is 560 g/mol. The number of carboxylic acid groups (broad SMARTS) is 1. The van der Waals surface area contributed by atoms with E-state index in [9.17, 15) is 32.7 Å². The lowest BCUT2D eigenvalue weighted by molar-refractivity contribution is 0.0691. The number of carbonyl (C=O) groups is 4. The van der Waals surface area contributed by atoms with Crippen molar-refractivity contribution in [1.82, 2.24) is 4.98 Å². The average Bonchev–Trinajstić information content (AvgIpc) is 3.23. The molecule has 42 heavy (non-hydrogen) atoms. The van der Waals surface area contributed by atoms with Crippen LogP contribution in [0.1, 0.15) is 80.7 Å². The van der Waals surface area contributed by atoms with Gasteiger partial charge in [0.1, 0.15) is 5.92 Å². The molecule has 1 aromatic heterocycles. The molecule has 11 heteroatoms. The number of para-hydroxylation sites is 1. The second-order valence-electron chi connectivity index (χ2n) is 8.36. The van der Waals surface area contributed by atoms with E-state index in [1.165, 1.54) is 12.1 Å². The van der Waals surface area contributed by atoms with Crippen molar-refractivity contribution in [3.8, 4) is 0 Å². The van der Waals surface area contributed by atoms with E-state index >= 15 is 0 Å². The molecule has 3 aromatic carbocycles. The molecule has 0 spiro atoms. The first-order chi connectivity index (χ1) is 20.0. The van der Waals surface area contributed by atoms with Crippen LogP contribution in [0.5, 0.6) is 0 Å². The van der Waals surface area contributed by atoms with Gasteiger partial charge in [0.05, 0.1) is 34.3 Å². The smallest absolute Gasteiger partial charge is 0.336 e. The highest BCUT2D eigenvalue weighted by Crippen LogP contribution is 2.34. The number of hydrogen-bond donors (Lipinski definition) is 3. The molecule has 0 saturated carbocycles. The predicted molar refractivity (Wildman–Crippen MR) is 161 cm³/mol. The summed E-state index contributed by atoms with van der Waals surface area (Å²) in [6.07, 6.45) is 0.715. The van der Waals surface area contributed by atoms with Crippen LogP contribution in [0.3, 0.4) is 0 Å². The first-order valence-electron chi connectivity index (χ1n) is 13.1. The van der Waals surface area contributed by atoms with Gasteiger partial charge in [-0.25, -0.2) is 9.78 Å². The van der Waals surface area contributed by atoms with Crippen LogP contribution in [0.2, 0.25) is 0 Å². The van der Waals surface area contributed by atoms with Crippen molar-refractivity contribution in [3.63, 3.8) is 0 Å². The van der Waals surface area contributed by atoms with Crippen molar-refractivity contribution in [3.05, 3.63) is 107 Å². The minimum Gasteiger partial charge on any atom is -0.478 e. The lowest BCUT2D eigenvalue weighted by atomic mass is 9.98. The number of anilines is 1. The Morgan fingerprint density at radius 3 is 1.79 bits per heavy atom. The van der Waals surface area contributed by atoms with Gasteiger partial charge in [-0.1, -0.05) is 82.3 Å². The minimum absolute atomic E-state index is 0.00903. The Labute approximate surface area is 244 Å². The van der Waals surface area contributed by atoms with E-state index in [-0.39, 0.29) is 22.7 Å². The summed E-state index contributed by atoms with van der Waals surface area (Å²) in [5, 5.41) is 12.8. The number of aromatic carboxylic acids is 1. The third-order valence-corrected chi connectivity index (χ3v) is 5.67. The molecule has 5 rings (SSSR count). The zero-order valence-corrected chi connectivity index (χ0v) is 24.6. The molecule has 0 aliphatic heterocycles. The van der Waals surface area contributed by atoms with Crippen LogP contribution in [0, 0.1) is 0 Å². The van der Waals surface area contributed by atoms with Crippen molar-refractivity contribution in [2.24, 2.45) is 0 Å². The van der Waals surface area contributed by atoms with Gasteiger partial charge in [0, 0.05) is 16.5 Å². The van der Waals surface area contributed by atoms with Crippen LogP contribution in [0.4, 0.5) is 5.69 Å². The van der Waals surface area contributed by atoms with Crippen molar-refractivity contribution in [1.29, 1.82) is 0 Å². The summed E-state index contributed by atoms with van der Waals surface area (Å²) in [5.41, 5.74) is 1.67. The number of benzene rings is 3. The summed E-state index contributed by atoms with van der Waals surface area (Å²) in [4.78, 5) is 54.7. The van der Waals surface area contributed by atoms with Gasteiger partial charge in [0.2, 0.25) is 0 Å². The number of ketones is 2. The molecule has 220 valence electrons. The Balaban J connectivity index is 0.000000612. The Bertz CT molecular complexity index is 1690. The molecule has 0 unspecified atom stereocenters. The number of Topliss-reactive ketones (excluding diaryl/α,β-unsaturated/α-hetero) is 2. The normalized spacial score (nSPS) is 12.0. The lowest BCUT2D eigenvalue weighted by Gasteiger charge is -2.12. The maximum absolute atomic E-state index is 12.9. The first-order valence-corrected chi connectivity index (χ1v) is 14.9. The van der Waals surface area contributed by atoms with Crippen molar-refractivity contribution in [2.45, 2.75) is 33.6 Å². The van der Waals surface area contributed by atoms with E-state index in [1.807, 2.05) is 27.7 Å². The van der Waals surface area contributed by atoms with Gasteiger partial charge in [0.25, 0.3) is 16.0 Å². The fourth-order valence-corrected chi connectivity index (χ4v) is 4.09. The van der Waals surface area contributed by atoms with E-state index in [4.69, 9.17) is 4.55 Å². The van der Waals surface area contributed by atoms with E-state index in [0.29, 0.717) is 39.7 Å². The van der Waals surface area contributed by atoms with E-state index in [2.05, 4.69) is 10.3 Å². The van der Waals surface area contributed by atoms with Crippen LogP contribution in [0.15, 0.2) is 78.9 Å². The van der Waals surface area contributed by atoms with E-state index < -0.39 is 27.9 Å². The van der Waals surface area contributed by atoms with Crippen molar-refractivity contribution >= 4 is 50.2 Å². The third-order valence-electron chi connectivity index (χ3n) is 5.67. The largest absolute Gasteiger partial charge is 0.478 e. The van der Waals surface area contributed by atoms with Gasteiger partial charge in [0.15, 0.2) is 11.6 Å². The maximum Gasteiger partial charge on any atom is 0.336 e. The quantitative estimate of drug-likeness (QED) is 0.193. The molecule has 0 fully saturated rings. The average molecular weight is 593 g/mol. The third kappa shape index (κ3) is 7.93. The monoisotopic (exact) mass is 592 g/mol. The molecule has 0 saturated heterocycles. The summed E-state index contributed by atoms with van der Waals surface area (Å²) in [7, 11) is -3.67. The second kappa shape index (κ2) is 14.8. The Morgan fingerprint density at radius 1 is 0.762 bits per heavy atom. The number of nitrogens with one attached hydrogen (secondary N) is 1. The van der Waals surface area contributed by atoms with Gasteiger partial charge in [-0.15, -0.1) is 0 Å². The number of carbonyl (C=O) groups excluding carboxylic acids is 3. The summed E-state index contributed by atoms with van der Waals surface area (Å²) < 4.78 is 25.9. The summed E-state index contributed by atoms with van der Waals surface area (Å²) in [5.74, 6) is -3.47. The van der Waals surface area contributed by atoms with Gasteiger partial charge in [-0.3, -0.25) is 18.9 Å². The van der Waals surface area contributed by atoms with Gasteiger partial charge in [-0.2, -0.15) is 8.42 Å². The Morgan fingerprint density at radius 2 is 1.26 bits per heavy atom. The zero-order valence-electron chi connectivity index (χ0n) is 23.8. The zero-order chi connectivity index (χ0) is 31.6. The maximum atomic E-state index is 12.9. The molecule has 1 heterocycles. The van der Waals surface area contributed by atoms with Crippen molar-refractivity contribution < 1.29 is 37.3 Å². The fraction of sp³-hybridized carbons (Fsp3) is 0.194. The Hall–Kier alpha value is -4.74. The second-order valence-corrected chi connectivity index (χ2v) is 9.82. The summed E-state index contributed by atoms with van der Waals surface area (Å²) in [6, 6.07) is 21.1. The fourth-order valence-electron chi connectivity index (χ4n) is 4.09. The highest BCUT2D eigenvalue weighted by atomic mass is 32.2. The van der Waals surface area contributed by atoms with Gasteiger partial charge < -0.3 is 10.4 Å². The van der Waals surface area contributed by atoms with Crippen molar-refractivity contribution in [2.75, 3.05) is 11.6 Å². The van der Waals surface area contributed by atoms with Gasteiger partial charge >= 0.3 is 5.97 Å². The van der Waals surface area contributed by atoms with Crippen LogP contribution in [0.25, 0.3) is 10.9 Å². The molecule has 3 N–H and O–H groups in total. The molecule has 10 nitrogen and oxygen atoms in total. The highest BCUT2D eigenvalue weighted by Gasteiger charge is 2.40. The SMILES string of the molecule is CC.CC.CS(=O)(=O)O.O=C(O)c1ccccc1C(=O)Nc1cccc2ccc(C3C(=O)c4ccccc4C3=O)nc12. The highest BCUT2D eigenvalue weighted by molar-refractivity contribution is 7.85. The number of nitrogens with zero attached hydrogens (tertiary/aromatic N) is 1. The molecular formula is C31H32N2O8S.